The Hall–Kier alpha value is -1.98. The molecule has 0 aliphatic heterocycles. The van der Waals surface area contributed by atoms with Gasteiger partial charge in [0.1, 0.15) is 11.8 Å². The number of rotatable bonds is 1. The standard InChI is InChI=1S/C14H10ClNO/c1-9-12(3-2-4-13(9)15)10-5-6-14(17)11(7-10)8-16/h2-7,17H,1H3. The molecule has 2 aromatic carbocycles. The summed E-state index contributed by atoms with van der Waals surface area (Å²) in [6.07, 6.45) is 0. The zero-order chi connectivity index (χ0) is 12.4. The van der Waals surface area contributed by atoms with Gasteiger partial charge in [-0.25, -0.2) is 0 Å². The van der Waals surface area contributed by atoms with Crippen molar-refractivity contribution >= 4 is 11.6 Å². The Kier molecular flexibility index (Phi) is 3.03. The molecule has 0 heterocycles. The van der Waals surface area contributed by atoms with Crippen molar-refractivity contribution in [3.63, 3.8) is 0 Å². The fourth-order valence-corrected chi connectivity index (χ4v) is 1.89. The first-order valence-corrected chi connectivity index (χ1v) is 5.50. The van der Waals surface area contributed by atoms with E-state index >= 15 is 0 Å². The first kappa shape index (κ1) is 11.5. The molecular weight excluding hydrogens is 234 g/mol. The molecule has 2 nitrogen and oxygen atoms in total. The lowest BCUT2D eigenvalue weighted by molar-refractivity contribution is 0.473. The molecule has 1 N–H and O–H groups in total. The van der Waals surface area contributed by atoms with Crippen LogP contribution in [0.4, 0.5) is 0 Å². The van der Waals surface area contributed by atoms with Crippen molar-refractivity contribution in [2.24, 2.45) is 0 Å². The lowest BCUT2D eigenvalue weighted by Crippen LogP contribution is -1.86. The first-order chi connectivity index (χ1) is 8.13. The summed E-state index contributed by atoms with van der Waals surface area (Å²) < 4.78 is 0. The number of phenolic OH excluding ortho intramolecular Hbond substituents is 1. The van der Waals surface area contributed by atoms with Gasteiger partial charge in [-0.2, -0.15) is 5.26 Å². The highest BCUT2D eigenvalue weighted by Crippen LogP contribution is 2.30. The van der Waals surface area contributed by atoms with E-state index in [0.717, 1.165) is 16.7 Å². The van der Waals surface area contributed by atoms with E-state index in [9.17, 15) is 5.11 Å². The highest BCUT2D eigenvalue weighted by molar-refractivity contribution is 6.31. The molecule has 0 aliphatic rings. The van der Waals surface area contributed by atoms with Gasteiger partial charge >= 0.3 is 0 Å². The number of halogens is 1. The summed E-state index contributed by atoms with van der Waals surface area (Å²) in [6, 6.07) is 12.5. The summed E-state index contributed by atoms with van der Waals surface area (Å²) in [5.74, 6) is -0.00377. The second kappa shape index (κ2) is 4.48. The molecule has 0 fully saturated rings. The average molecular weight is 244 g/mol. The molecular formula is C14H10ClNO. The van der Waals surface area contributed by atoms with Crippen molar-refractivity contribution in [1.29, 1.82) is 5.26 Å². The lowest BCUT2D eigenvalue weighted by Gasteiger charge is -2.08. The third-order valence-corrected chi connectivity index (χ3v) is 3.11. The van der Waals surface area contributed by atoms with Crippen molar-refractivity contribution in [3.05, 3.63) is 52.5 Å². The van der Waals surface area contributed by atoms with Gasteiger partial charge in [0.2, 0.25) is 0 Å². The molecule has 0 atom stereocenters. The molecule has 0 amide bonds. The molecule has 0 aliphatic carbocycles. The zero-order valence-corrected chi connectivity index (χ0v) is 9.99. The third kappa shape index (κ3) is 2.11. The molecule has 17 heavy (non-hydrogen) atoms. The normalized spacial score (nSPS) is 9.94. The Morgan fingerprint density at radius 1 is 1.24 bits per heavy atom. The quantitative estimate of drug-likeness (QED) is 0.826. The molecule has 0 spiro atoms. The van der Waals surface area contributed by atoms with Crippen LogP contribution in [0.2, 0.25) is 5.02 Å². The molecule has 0 radical (unpaired) electrons. The summed E-state index contributed by atoms with van der Waals surface area (Å²) in [7, 11) is 0. The summed E-state index contributed by atoms with van der Waals surface area (Å²) in [5, 5.41) is 19.0. The van der Waals surface area contributed by atoms with Crippen LogP contribution in [0.15, 0.2) is 36.4 Å². The molecule has 0 saturated carbocycles. The summed E-state index contributed by atoms with van der Waals surface area (Å²) in [4.78, 5) is 0. The monoisotopic (exact) mass is 243 g/mol. The Morgan fingerprint density at radius 2 is 2.00 bits per heavy atom. The van der Waals surface area contributed by atoms with E-state index in [2.05, 4.69) is 0 Å². The predicted octanol–water partition coefficient (Wildman–Crippen LogP) is 3.89. The molecule has 0 saturated heterocycles. The maximum absolute atomic E-state index is 9.46. The van der Waals surface area contributed by atoms with Crippen molar-refractivity contribution in [2.45, 2.75) is 6.92 Å². The van der Waals surface area contributed by atoms with Crippen molar-refractivity contribution in [3.8, 4) is 22.9 Å². The molecule has 3 heteroatoms. The number of nitriles is 1. The smallest absolute Gasteiger partial charge is 0.133 e. The van der Waals surface area contributed by atoms with Crippen molar-refractivity contribution in [2.75, 3.05) is 0 Å². The van der Waals surface area contributed by atoms with E-state index in [-0.39, 0.29) is 11.3 Å². The number of nitrogens with zero attached hydrogens (tertiary/aromatic N) is 1. The van der Waals surface area contributed by atoms with Gasteiger partial charge in [0, 0.05) is 5.02 Å². The highest BCUT2D eigenvalue weighted by Gasteiger charge is 2.07. The number of phenols is 1. The topological polar surface area (TPSA) is 44.0 Å². The van der Waals surface area contributed by atoms with E-state index in [1.807, 2.05) is 31.2 Å². The van der Waals surface area contributed by atoms with Gasteiger partial charge in [-0.3, -0.25) is 0 Å². The van der Waals surface area contributed by atoms with Gasteiger partial charge in [0.15, 0.2) is 0 Å². The van der Waals surface area contributed by atoms with Gasteiger partial charge < -0.3 is 5.11 Å². The summed E-state index contributed by atoms with van der Waals surface area (Å²) in [6.45, 7) is 1.93. The van der Waals surface area contributed by atoms with E-state index in [0.29, 0.717) is 5.02 Å². The number of benzene rings is 2. The van der Waals surface area contributed by atoms with Crippen LogP contribution in [0.3, 0.4) is 0 Å². The second-order valence-electron chi connectivity index (χ2n) is 3.76. The van der Waals surface area contributed by atoms with Crippen LogP contribution >= 0.6 is 11.6 Å². The molecule has 0 bridgehead atoms. The van der Waals surface area contributed by atoms with Crippen LogP contribution in [0.1, 0.15) is 11.1 Å². The second-order valence-corrected chi connectivity index (χ2v) is 4.16. The Labute approximate surface area is 105 Å². The summed E-state index contributed by atoms with van der Waals surface area (Å²) >= 11 is 6.05. The van der Waals surface area contributed by atoms with Crippen LogP contribution in [0.5, 0.6) is 5.75 Å². The van der Waals surface area contributed by atoms with Gasteiger partial charge in [0.05, 0.1) is 5.56 Å². The van der Waals surface area contributed by atoms with Crippen LogP contribution in [-0.4, -0.2) is 5.11 Å². The number of hydrogen-bond donors (Lipinski definition) is 1. The van der Waals surface area contributed by atoms with E-state index in [1.54, 1.807) is 12.1 Å². The minimum atomic E-state index is -0.00377. The molecule has 0 unspecified atom stereocenters. The zero-order valence-electron chi connectivity index (χ0n) is 9.24. The van der Waals surface area contributed by atoms with E-state index in [4.69, 9.17) is 16.9 Å². The third-order valence-electron chi connectivity index (χ3n) is 2.70. The van der Waals surface area contributed by atoms with E-state index < -0.39 is 0 Å². The maximum atomic E-state index is 9.46. The van der Waals surface area contributed by atoms with Crippen LogP contribution in [0, 0.1) is 18.3 Å². The van der Waals surface area contributed by atoms with Gasteiger partial charge in [-0.05, 0) is 41.8 Å². The first-order valence-electron chi connectivity index (χ1n) is 5.12. The molecule has 2 rings (SSSR count). The van der Waals surface area contributed by atoms with Crippen molar-refractivity contribution < 1.29 is 5.11 Å². The highest BCUT2D eigenvalue weighted by atomic mass is 35.5. The fraction of sp³-hybridized carbons (Fsp3) is 0.0714. The fourth-order valence-electron chi connectivity index (χ4n) is 1.71. The summed E-state index contributed by atoms with van der Waals surface area (Å²) in [5.41, 5.74) is 3.07. The minimum Gasteiger partial charge on any atom is -0.507 e. The van der Waals surface area contributed by atoms with Crippen molar-refractivity contribution in [1.82, 2.24) is 0 Å². The number of aromatic hydroxyl groups is 1. The number of hydrogen-bond acceptors (Lipinski definition) is 2. The molecule has 2 aromatic rings. The van der Waals surface area contributed by atoms with Crippen LogP contribution in [-0.2, 0) is 0 Å². The Balaban J connectivity index is 2.62. The molecule has 0 aromatic heterocycles. The van der Waals surface area contributed by atoms with E-state index in [1.165, 1.54) is 6.07 Å². The Bertz CT molecular complexity index is 614. The average Bonchev–Trinajstić information content (AvgIpc) is 2.34. The lowest BCUT2D eigenvalue weighted by atomic mass is 9.99. The largest absolute Gasteiger partial charge is 0.507 e. The van der Waals surface area contributed by atoms with Crippen LogP contribution in [0.25, 0.3) is 11.1 Å². The van der Waals surface area contributed by atoms with Gasteiger partial charge in [-0.1, -0.05) is 29.8 Å². The van der Waals surface area contributed by atoms with Crippen LogP contribution < -0.4 is 0 Å². The van der Waals surface area contributed by atoms with Gasteiger partial charge in [0.25, 0.3) is 0 Å². The SMILES string of the molecule is Cc1c(Cl)cccc1-c1ccc(O)c(C#N)c1. The van der Waals surface area contributed by atoms with Gasteiger partial charge in [-0.15, -0.1) is 0 Å². The Morgan fingerprint density at radius 3 is 2.71 bits per heavy atom. The maximum Gasteiger partial charge on any atom is 0.133 e. The molecule has 84 valence electrons. The predicted molar refractivity (Wildman–Crippen MR) is 68.0 cm³/mol. The minimum absolute atomic E-state index is 0.00377.